The minimum absolute atomic E-state index is 0.0402. The van der Waals surface area contributed by atoms with Crippen molar-refractivity contribution in [3.05, 3.63) is 90.4 Å². The molecule has 1 amide bonds. The van der Waals surface area contributed by atoms with Crippen LogP contribution in [-0.2, 0) is 16.1 Å². The van der Waals surface area contributed by atoms with Crippen LogP contribution >= 0.6 is 0 Å². The number of carbonyl (C=O) groups excluding carboxylic acids is 2. The molecule has 1 unspecified atom stereocenters. The van der Waals surface area contributed by atoms with Crippen LogP contribution in [0.5, 0.6) is 0 Å². The van der Waals surface area contributed by atoms with Gasteiger partial charge in [0.05, 0.1) is 24.2 Å². The van der Waals surface area contributed by atoms with Crippen LogP contribution < -0.4 is 0 Å². The Morgan fingerprint density at radius 2 is 2.10 bits per heavy atom. The molecule has 4 heterocycles. The number of rotatable bonds is 8. The first-order valence-corrected chi connectivity index (χ1v) is 9.51. The summed E-state index contributed by atoms with van der Waals surface area (Å²) in [6.45, 7) is 1.02. The second kappa shape index (κ2) is 8.60. The van der Waals surface area contributed by atoms with Crippen LogP contribution in [0.4, 0.5) is 0 Å². The number of hydrogen-bond donors (Lipinski definition) is 1. The van der Waals surface area contributed by atoms with Crippen molar-refractivity contribution in [1.82, 2.24) is 19.4 Å². The zero-order valence-corrected chi connectivity index (χ0v) is 16.1. The van der Waals surface area contributed by atoms with Crippen molar-refractivity contribution in [3.8, 4) is 0 Å². The van der Waals surface area contributed by atoms with Crippen molar-refractivity contribution in [2.75, 3.05) is 6.54 Å². The summed E-state index contributed by atoms with van der Waals surface area (Å²) in [6.07, 6.45) is 13.4. The lowest BCUT2D eigenvalue weighted by Crippen LogP contribution is -2.32. The van der Waals surface area contributed by atoms with Gasteiger partial charge in [-0.1, -0.05) is 6.07 Å². The van der Waals surface area contributed by atoms with Crippen molar-refractivity contribution < 1.29 is 19.1 Å². The number of aliphatic hydroxyl groups excluding tert-OH is 1. The summed E-state index contributed by atoms with van der Waals surface area (Å²) in [5.41, 5.74) is 0.700. The highest BCUT2D eigenvalue weighted by Crippen LogP contribution is 2.37. The molecule has 0 aromatic carbocycles. The molecule has 0 aliphatic carbocycles. The number of aryl methyl sites for hydroxylation is 1. The minimum Gasteiger partial charge on any atom is -0.503 e. The molecule has 1 atom stereocenters. The first-order chi connectivity index (χ1) is 14.6. The second-order valence-electron chi connectivity index (χ2n) is 6.82. The van der Waals surface area contributed by atoms with E-state index in [0.717, 1.165) is 0 Å². The highest BCUT2D eigenvalue weighted by Gasteiger charge is 2.42. The Morgan fingerprint density at radius 3 is 2.80 bits per heavy atom. The molecule has 0 saturated carbocycles. The highest BCUT2D eigenvalue weighted by atomic mass is 16.3. The number of imidazole rings is 1. The molecule has 8 nitrogen and oxygen atoms in total. The summed E-state index contributed by atoms with van der Waals surface area (Å²) < 4.78 is 7.11. The first kappa shape index (κ1) is 19.4. The van der Waals surface area contributed by atoms with Gasteiger partial charge in [-0.2, -0.15) is 0 Å². The molecule has 0 saturated heterocycles. The number of allylic oxidation sites excluding steroid dienone is 1. The third-order valence-electron chi connectivity index (χ3n) is 4.89. The van der Waals surface area contributed by atoms with Crippen LogP contribution in [0.3, 0.4) is 0 Å². The van der Waals surface area contributed by atoms with Gasteiger partial charge in [0, 0.05) is 37.9 Å². The molecule has 0 spiro atoms. The van der Waals surface area contributed by atoms with Crippen LogP contribution in [0.15, 0.2) is 83.5 Å². The molecule has 152 valence electrons. The number of hydrogen-bond acceptors (Lipinski definition) is 6. The number of aromatic nitrogens is 3. The predicted octanol–water partition coefficient (Wildman–Crippen LogP) is 2.94. The van der Waals surface area contributed by atoms with E-state index in [1.165, 1.54) is 23.3 Å². The van der Waals surface area contributed by atoms with Gasteiger partial charge in [0.15, 0.2) is 11.5 Å². The number of aliphatic hydroxyl groups is 1. The first-order valence-electron chi connectivity index (χ1n) is 9.51. The van der Waals surface area contributed by atoms with Gasteiger partial charge in [-0.15, -0.1) is 0 Å². The molecule has 0 radical (unpaired) electrons. The average molecular weight is 404 g/mol. The molecule has 4 rings (SSSR count). The lowest BCUT2D eigenvalue weighted by Gasteiger charge is -2.26. The Labute approximate surface area is 172 Å². The molecular weight excluding hydrogens is 384 g/mol. The summed E-state index contributed by atoms with van der Waals surface area (Å²) >= 11 is 0. The summed E-state index contributed by atoms with van der Waals surface area (Å²) in [5, 5.41) is 10.5. The molecule has 0 fully saturated rings. The second-order valence-corrected chi connectivity index (χ2v) is 6.82. The summed E-state index contributed by atoms with van der Waals surface area (Å²) in [5.74, 6) is -1.05. The van der Waals surface area contributed by atoms with Crippen molar-refractivity contribution in [1.29, 1.82) is 0 Å². The van der Waals surface area contributed by atoms with Crippen molar-refractivity contribution in [2.45, 2.75) is 19.0 Å². The smallest absolute Gasteiger partial charge is 0.290 e. The van der Waals surface area contributed by atoms with Gasteiger partial charge in [-0.05, 0) is 42.3 Å². The van der Waals surface area contributed by atoms with Gasteiger partial charge in [-0.3, -0.25) is 14.6 Å². The van der Waals surface area contributed by atoms with E-state index in [1.54, 1.807) is 49.2 Å². The number of furan rings is 1. The number of ketones is 1. The zero-order chi connectivity index (χ0) is 20.9. The van der Waals surface area contributed by atoms with E-state index >= 15 is 0 Å². The van der Waals surface area contributed by atoms with Crippen LogP contribution in [0.1, 0.15) is 23.8 Å². The van der Waals surface area contributed by atoms with Gasteiger partial charge in [0.1, 0.15) is 5.76 Å². The van der Waals surface area contributed by atoms with Crippen LogP contribution in [0, 0.1) is 0 Å². The Hall–Kier alpha value is -3.94. The number of carbonyl (C=O) groups is 2. The SMILES string of the molecule is O=C(C=Cc1ccco1)C1=C(O)C(=O)N(CCCn2ccnc2)C1c1cccnc1. The third-order valence-corrected chi connectivity index (χ3v) is 4.89. The van der Waals surface area contributed by atoms with Crippen LogP contribution in [0.2, 0.25) is 0 Å². The van der Waals surface area contributed by atoms with Gasteiger partial charge >= 0.3 is 0 Å². The maximum absolute atomic E-state index is 12.9. The minimum atomic E-state index is -0.706. The lowest BCUT2D eigenvalue weighted by molar-refractivity contribution is -0.129. The lowest BCUT2D eigenvalue weighted by atomic mass is 9.97. The summed E-state index contributed by atoms with van der Waals surface area (Å²) in [7, 11) is 0. The topological polar surface area (TPSA) is 101 Å². The van der Waals surface area contributed by atoms with Gasteiger partial charge in [0.25, 0.3) is 5.91 Å². The molecular formula is C22H20N4O4. The van der Waals surface area contributed by atoms with Crippen molar-refractivity contribution >= 4 is 17.8 Å². The summed E-state index contributed by atoms with van der Waals surface area (Å²) in [4.78, 5) is 35.4. The normalized spacial score (nSPS) is 16.7. The van der Waals surface area contributed by atoms with E-state index in [2.05, 4.69) is 9.97 Å². The molecule has 3 aromatic rings. The van der Waals surface area contributed by atoms with E-state index < -0.39 is 23.5 Å². The van der Waals surface area contributed by atoms with E-state index in [0.29, 0.717) is 30.8 Å². The summed E-state index contributed by atoms with van der Waals surface area (Å²) in [6, 6.07) is 6.23. The Balaban J connectivity index is 1.59. The van der Waals surface area contributed by atoms with E-state index in [4.69, 9.17) is 4.42 Å². The largest absolute Gasteiger partial charge is 0.503 e. The molecule has 30 heavy (non-hydrogen) atoms. The van der Waals surface area contributed by atoms with E-state index in [9.17, 15) is 14.7 Å². The molecule has 1 aliphatic heterocycles. The number of pyridine rings is 1. The number of nitrogens with zero attached hydrogens (tertiary/aromatic N) is 4. The highest BCUT2D eigenvalue weighted by molar-refractivity contribution is 6.14. The quantitative estimate of drug-likeness (QED) is 0.579. The maximum Gasteiger partial charge on any atom is 0.290 e. The third kappa shape index (κ3) is 3.93. The predicted molar refractivity (Wildman–Crippen MR) is 108 cm³/mol. The Kier molecular flexibility index (Phi) is 5.56. The fourth-order valence-corrected chi connectivity index (χ4v) is 3.50. The van der Waals surface area contributed by atoms with Crippen molar-refractivity contribution in [2.24, 2.45) is 0 Å². The van der Waals surface area contributed by atoms with E-state index in [1.807, 2.05) is 10.8 Å². The van der Waals surface area contributed by atoms with Crippen molar-refractivity contribution in [3.63, 3.8) is 0 Å². The molecule has 1 N–H and O–H groups in total. The van der Waals surface area contributed by atoms with Crippen LogP contribution in [-0.4, -0.2) is 42.8 Å². The van der Waals surface area contributed by atoms with Crippen LogP contribution in [0.25, 0.3) is 6.08 Å². The molecule has 0 bridgehead atoms. The van der Waals surface area contributed by atoms with Gasteiger partial charge in [0.2, 0.25) is 0 Å². The molecule has 3 aromatic heterocycles. The standard InChI is InChI=1S/C22H20N4O4/c27-18(7-6-17-5-2-13-30-17)19-20(16-4-1-8-23-14-16)26(22(29)21(19)28)11-3-10-25-12-9-24-15-25/h1-2,4-9,12-15,20,28H,3,10-11H2. The fourth-order valence-electron chi connectivity index (χ4n) is 3.50. The number of amides is 1. The molecule has 8 heteroatoms. The van der Waals surface area contributed by atoms with E-state index in [-0.39, 0.29) is 5.57 Å². The molecule has 1 aliphatic rings. The van der Waals surface area contributed by atoms with Gasteiger partial charge in [-0.25, -0.2) is 4.98 Å². The zero-order valence-electron chi connectivity index (χ0n) is 16.1. The monoisotopic (exact) mass is 404 g/mol. The maximum atomic E-state index is 12.9. The average Bonchev–Trinajstić information content (AvgIpc) is 3.51. The Bertz CT molecular complexity index is 1070. The Morgan fingerprint density at radius 1 is 1.20 bits per heavy atom. The fraction of sp³-hybridized carbons (Fsp3) is 0.182. The van der Waals surface area contributed by atoms with Gasteiger partial charge < -0.3 is 19.0 Å².